The smallest absolute Gasteiger partial charge is 0.338 e. The third-order valence-corrected chi connectivity index (χ3v) is 3.60. The highest BCUT2D eigenvalue weighted by Crippen LogP contribution is 2.22. The van der Waals surface area contributed by atoms with Gasteiger partial charge in [0.25, 0.3) is 0 Å². The van der Waals surface area contributed by atoms with E-state index in [0.717, 1.165) is 0 Å². The molecule has 0 bridgehead atoms. The fourth-order valence-corrected chi connectivity index (χ4v) is 2.38. The largest absolute Gasteiger partial charge is 0.459 e. The lowest BCUT2D eigenvalue weighted by Crippen LogP contribution is -2.54. The minimum Gasteiger partial charge on any atom is -0.459 e. The van der Waals surface area contributed by atoms with Gasteiger partial charge in [-0.05, 0) is 32.6 Å². The fraction of sp³-hybridized carbons (Fsp3) is 0.533. The van der Waals surface area contributed by atoms with Crippen molar-refractivity contribution in [2.75, 3.05) is 20.7 Å². The minimum atomic E-state index is -1.27. The summed E-state index contributed by atoms with van der Waals surface area (Å²) in [5.74, 6) is -0.429. The molecule has 2 rings (SSSR count). The van der Waals surface area contributed by atoms with Crippen LogP contribution < -0.4 is 0 Å². The molecule has 0 amide bonds. The van der Waals surface area contributed by atoms with Crippen LogP contribution in [0.25, 0.3) is 0 Å². The second-order valence-electron chi connectivity index (χ2n) is 5.37. The summed E-state index contributed by atoms with van der Waals surface area (Å²) < 4.78 is 10.5. The van der Waals surface area contributed by atoms with Crippen LogP contribution in [0.4, 0.5) is 0 Å². The first-order valence-corrected chi connectivity index (χ1v) is 6.89. The lowest BCUT2D eigenvalue weighted by Gasteiger charge is -2.39. The summed E-state index contributed by atoms with van der Waals surface area (Å²) in [6.45, 7) is 0.0435. The van der Waals surface area contributed by atoms with E-state index in [1.54, 1.807) is 24.3 Å². The van der Waals surface area contributed by atoms with Gasteiger partial charge in [0, 0.05) is 6.04 Å². The van der Waals surface area contributed by atoms with Crippen LogP contribution in [-0.2, 0) is 9.47 Å². The molecule has 1 aliphatic rings. The SMILES string of the molecule is CN(C)C1C[C@@H](COC(=O)c2ccccc2)O[C@@H](O)C1O. The van der Waals surface area contributed by atoms with Crippen LogP contribution >= 0.6 is 0 Å². The molecule has 6 heteroatoms. The predicted octanol–water partition coefficient (Wildman–Crippen LogP) is 0.242. The third-order valence-electron chi connectivity index (χ3n) is 3.60. The molecule has 0 aliphatic carbocycles. The maximum Gasteiger partial charge on any atom is 0.338 e. The number of nitrogens with zero attached hydrogens (tertiary/aromatic N) is 1. The zero-order valence-corrected chi connectivity index (χ0v) is 12.2. The lowest BCUT2D eigenvalue weighted by molar-refractivity contribution is -0.239. The molecule has 1 fully saturated rings. The fourth-order valence-electron chi connectivity index (χ4n) is 2.38. The van der Waals surface area contributed by atoms with Crippen LogP contribution in [0.2, 0.25) is 0 Å². The summed E-state index contributed by atoms with van der Waals surface area (Å²) in [6, 6.07) is 8.44. The van der Waals surface area contributed by atoms with Crippen molar-refractivity contribution in [1.29, 1.82) is 0 Å². The standard InChI is InChI=1S/C15H21NO5/c1-16(2)12-8-11(21-15(19)13(12)17)9-20-14(18)10-6-4-3-5-7-10/h3-7,11-13,15,17,19H,8-9H2,1-2H3/t11-,12?,13?,15+/m0/s1. The Bertz CT molecular complexity index is 464. The van der Waals surface area contributed by atoms with Crippen molar-refractivity contribution in [1.82, 2.24) is 4.90 Å². The van der Waals surface area contributed by atoms with Crippen LogP contribution in [-0.4, -0.2) is 66.3 Å². The molecule has 0 aromatic heterocycles. The maximum atomic E-state index is 11.8. The van der Waals surface area contributed by atoms with Gasteiger partial charge in [-0.25, -0.2) is 4.79 Å². The topological polar surface area (TPSA) is 79.2 Å². The molecule has 2 unspecified atom stereocenters. The number of ether oxygens (including phenoxy) is 2. The molecule has 0 saturated carbocycles. The van der Waals surface area contributed by atoms with E-state index in [0.29, 0.717) is 12.0 Å². The first-order valence-electron chi connectivity index (χ1n) is 6.89. The average Bonchev–Trinajstić information content (AvgIpc) is 2.48. The van der Waals surface area contributed by atoms with E-state index >= 15 is 0 Å². The summed E-state index contributed by atoms with van der Waals surface area (Å²) in [6.07, 6.45) is -2.20. The van der Waals surface area contributed by atoms with Gasteiger partial charge < -0.3 is 24.6 Å². The number of esters is 1. The molecule has 1 heterocycles. The van der Waals surface area contributed by atoms with Crippen molar-refractivity contribution in [2.24, 2.45) is 0 Å². The molecule has 6 nitrogen and oxygen atoms in total. The summed E-state index contributed by atoms with van der Waals surface area (Å²) in [7, 11) is 3.64. The highest BCUT2D eigenvalue weighted by Gasteiger charge is 2.38. The zero-order chi connectivity index (χ0) is 15.4. The van der Waals surface area contributed by atoms with Gasteiger partial charge in [0.15, 0.2) is 6.29 Å². The molecule has 2 N–H and O–H groups in total. The average molecular weight is 295 g/mol. The van der Waals surface area contributed by atoms with Gasteiger partial charge in [-0.2, -0.15) is 0 Å². The van der Waals surface area contributed by atoms with Gasteiger partial charge in [-0.15, -0.1) is 0 Å². The number of carbonyl (C=O) groups is 1. The first kappa shape index (κ1) is 15.9. The number of aliphatic hydroxyl groups is 2. The number of aliphatic hydroxyl groups excluding tert-OH is 2. The van der Waals surface area contributed by atoms with Gasteiger partial charge in [0.2, 0.25) is 0 Å². The molecule has 0 radical (unpaired) electrons. The Kier molecular flexibility index (Phi) is 5.30. The normalized spacial score (nSPS) is 29.4. The van der Waals surface area contributed by atoms with E-state index in [1.807, 2.05) is 25.1 Å². The molecular weight excluding hydrogens is 274 g/mol. The molecule has 1 saturated heterocycles. The Labute approximate surface area is 123 Å². The van der Waals surface area contributed by atoms with Crippen LogP contribution in [0.5, 0.6) is 0 Å². The molecule has 1 aliphatic heterocycles. The van der Waals surface area contributed by atoms with Crippen molar-refractivity contribution in [3.63, 3.8) is 0 Å². The van der Waals surface area contributed by atoms with E-state index in [2.05, 4.69) is 0 Å². The molecular formula is C15H21NO5. The minimum absolute atomic E-state index is 0.0435. The summed E-state index contributed by atoms with van der Waals surface area (Å²) in [5, 5.41) is 19.6. The number of likely N-dealkylation sites (N-methyl/N-ethyl adjacent to an activating group) is 1. The van der Waals surface area contributed by atoms with Crippen LogP contribution in [0, 0.1) is 0 Å². The van der Waals surface area contributed by atoms with E-state index in [9.17, 15) is 15.0 Å². The Morgan fingerprint density at radius 2 is 2.00 bits per heavy atom. The maximum absolute atomic E-state index is 11.8. The van der Waals surface area contributed by atoms with Crippen molar-refractivity contribution in [2.45, 2.75) is 31.0 Å². The monoisotopic (exact) mass is 295 g/mol. The van der Waals surface area contributed by atoms with Crippen LogP contribution in [0.15, 0.2) is 30.3 Å². The Morgan fingerprint density at radius 3 is 2.62 bits per heavy atom. The van der Waals surface area contributed by atoms with Gasteiger partial charge in [0.05, 0.1) is 11.7 Å². The van der Waals surface area contributed by atoms with Gasteiger partial charge >= 0.3 is 5.97 Å². The quantitative estimate of drug-likeness (QED) is 0.775. The van der Waals surface area contributed by atoms with Gasteiger partial charge in [-0.1, -0.05) is 18.2 Å². The van der Waals surface area contributed by atoms with Crippen LogP contribution in [0.3, 0.4) is 0 Å². The third kappa shape index (κ3) is 4.01. The number of carbonyl (C=O) groups excluding carboxylic acids is 1. The zero-order valence-electron chi connectivity index (χ0n) is 12.2. The van der Waals surface area contributed by atoms with Crippen molar-refractivity contribution in [3.8, 4) is 0 Å². The number of hydrogen-bond acceptors (Lipinski definition) is 6. The van der Waals surface area contributed by atoms with Gasteiger partial charge in [0.1, 0.15) is 12.7 Å². The molecule has 1 aromatic carbocycles. The predicted molar refractivity (Wildman–Crippen MR) is 75.7 cm³/mol. The second-order valence-corrected chi connectivity index (χ2v) is 5.37. The Balaban J connectivity index is 1.90. The first-order chi connectivity index (χ1) is 9.99. The van der Waals surface area contributed by atoms with Crippen molar-refractivity contribution >= 4 is 5.97 Å². The highest BCUT2D eigenvalue weighted by molar-refractivity contribution is 5.89. The lowest BCUT2D eigenvalue weighted by atomic mass is 9.99. The molecule has 1 aromatic rings. The van der Waals surface area contributed by atoms with E-state index in [4.69, 9.17) is 9.47 Å². The molecule has 116 valence electrons. The Morgan fingerprint density at radius 1 is 1.33 bits per heavy atom. The second kappa shape index (κ2) is 7.00. The van der Waals surface area contributed by atoms with E-state index in [-0.39, 0.29) is 12.6 Å². The Hall–Kier alpha value is -1.47. The summed E-state index contributed by atoms with van der Waals surface area (Å²) in [4.78, 5) is 13.7. The summed E-state index contributed by atoms with van der Waals surface area (Å²) >= 11 is 0. The van der Waals surface area contributed by atoms with Crippen LogP contribution in [0.1, 0.15) is 16.8 Å². The molecule has 21 heavy (non-hydrogen) atoms. The number of rotatable bonds is 4. The molecule has 0 spiro atoms. The van der Waals surface area contributed by atoms with Crippen molar-refractivity contribution in [3.05, 3.63) is 35.9 Å². The number of benzene rings is 1. The van der Waals surface area contributed by atoms with Gasteiger partial charge in [-0.3, -0.25) is 0 Å². The number of hydrogen-bond donors (Lipinski definition) is 2. The molecule has 4 atom stereocenters. The van der Waals surface area contributed by atoms with E-state index < -0.39 is 24.5 Å². The highest BCUT2D eigenvalue weighted by atomic mass is 16.6. The van der Waals surface area contributed by atoms with E-state index in [1.165, 1.54) is 0 Å². The summed E-state index contributed by atoms with van der Waals surface area (Å²) in [5.41, 5.74) is 0.470. The van der Waals surface area contributed by atoms with Crippen molar-refractivity contribution < 1.29 is 24.5 Å².